The summed E-state index contributed by atoms with van der Waals surface area (Å²) in [6.45, 7) is 16.4. The van der Waals surface area contributed by atoms with E-state index in [9.17, 15) is 4.79 Å². The zero-order valence-corrected chi connectivity index (χ0v) is 13.1. The molecule has 0 aromatic carbocycles. The third-order valence-electron chi connectivity index (χ3n) is 2.62. The number of esters is 1. The summed E-state index contributed by atoms with van der Waals surface area (Å²) >= 11 is 0. The zero-order valence-electron chi connectivity index (χ0n) is 13.1. The fourth-order valence-electron chi connectivity index (χ4n) is 1.61. The van der Waals surface area contributed by atoms with Gasteiger partial charge in [-0.3, -0.25) is 0 Å². The Hall–Kier alpha value is -1.69. The fraction of sp³-hybridized carbons (Fsp3) is 0.471. The summed E-state index contributed by atoms with van der Waals surface area (Å²) in [7, 11) is 0. The smallest absolute Gasteiger partial charge is 0.330 e. The van der Waals surface area contributed by atoms with Gasteiger partial charge in [0.25, 0.3) is 0 Å². The molecule has 0 rings (SSSR count). The number of ether oxygens (including phenoxy) is 4. The van der Waals surface area contributed by atoms with Gasteiger partial charge in [0.15, 0.2) is 0 Å². The van der Waals surface area contributed by atoms with Crippen molar-refractivity contribution in [1.82, 2.24) is 0 Å². The standard InChI is InChI=1S/C17H26O5/c1-5-9-19-12-17(13-20-10-6-2,14-21-11-7-3)15-22-16(18)8-4/h5-8H,1-4,9-15H2. The lowest BCUT2D eigenvalue weighted by molar-refractivity contribution is -0.149. The average Bonchev–Trinajstić information content (AvgIpc) is 2.53. The van der Waals surface area contributed by atoms with Gasteiger partial charge in [0.1, 0.15) is 6.61 Å². The monoisotopic (exact) mass is 310 g/mol. The Bertz CT molecular complexity index is 326. The molecule has 0 aromatic heterocycles. The van der Waals surface area contributed by atoms with Crippen molar-refractivity contribution in [2.45, 2.75) is 0 Å². The third kappa shape index (κ3) is 9.28. The first-order chi connectivity index (χ1) is 10.6. The maximum atomic E-state index is 11.3. The maximum Gasteiger partial charge on any atom is 0.330 e. The Morgan fingerprint density at radius 2 is 1.18 bits per heavy atom. The summed E-state index contributed by atoms with van der Waals surface area (Å²) < 4.78 is 21.8. The first-order valence-electron chi connectivity index (χ1n) is 6.99. The van der Waals surface area contributed by atoms with Gasteiger partial charge in [0.05, 0.1) is 45.1 Å². The predicted octanol–water partition coefficient (Wildman–Crippen LogP) is 2.31. The maximum absolute atomic E-state index is 11.3. The lowest BCUT2D eigenvalue weighted by Crippen LogP contribution is -2.42. The van der Waals surface area contributed by atoms with E-state index < -0.39 is 11.4 Å². The van der Waals surface area contributed by atoms with E-state index in [0.29, 0.717) is 39.6 Å². The van der Waals surface area contributed by atoms with Crippen LogP contribution in [-0.4, -0.2) is 52.2 Å². The SMILES string of the molecule is C=CCOCC(COCC=C)(COCC=C)COC(=O)C=C. The topological polar surface area (TPSA) is 54.0 Å². The first-order valence-corrected chi connectivity index (χ1v) is 6.99. The van der Waals surface area contributed by atoms with Crippen LogP contribution in [0.2, 0.25) is 0 Å². The highest BCUT2D eigenvalue weighted by Crippen LogP contribution is 2.21. The normalized spacial score (nSPS) is 10.7. The second-order valence-corrected chi connectivity index (χ2v) is 4.72. The van der Waals surface area contributed by atoms with Crippen LogP contribution in [0.15, 0.2) is 50.6 Å². The highest BCUT2D eigenvalue weighted by atomic mass is 16.5. The quantitative estimate of drug-likeness (QED) is 0.201. The van der Waals surface area contributed by atoms with Crippen LogP contribution in [0.5, 0.6) is 0 Å². The van der Waals surface area contributed by atoms with Crippen molar-refractivity contribution in [1.29, 1.82) is 0 Å². The zero-order chi connectivity index (χ0) is 16.7. The van der Waals surface area contributed by atoms with E-state index in [4.69, 9.17) is 18.9 Å². The van der Waals surface area contributed by atoms with Crippen molar-refractivity contribution in [2.75, 3.05) is 46.2 Å². The van der Waals surface area contributed by atoms with Crippen LogP contribution in [-0.2, 0) is 23.7 Å². The van der Waals surface area contributed by atoms with Crippen LogP contribution in [0.3, 0.4) is 0 Å². The molecule has 0 atom stereocenters. The highest BCUT2D eigenvalue weighted by Gasteiger charge is 2.33. The fourth-order valence-corrected chi connectivity index (χ4v) is 1.61. The van der Waals surface area contributed by atoms with Crippen molar-refractivity contribution in [2.24, 2.45) is 5.41 Å². The summed E-state index contributed by atoms with van der Waals surface area (Å²) in [5.41, 5.74) is -0.617. The van der Waals surface area contributed by atoms with Crippen LogP contribution in [0, 0.1) is 5.41 Å². The van der Waals surface area contributed by atoms with E-state index in [-0.39, 0.29) is 6.61 Å². The van der Waals surface area contributed by atoms with E-state index in [1.165, 1.54) is 0 Å². The average molecular weight is 310 g/mol. The van der Waals surface area contributed by atoms with Crippen molar-refractivity contribution < 1.29 is 23.7 Å². The molecule has 0 saturated carbocycles. The van der Waals surface area contributed by atoms with Crippen molar-refractivity contribution in [3.63, 3.8) is 0 Å². The Labute approximate surface area is 132 Å². The number of carbonyl (C=O) groups is 1. The summed E-state index contributed by atoms with van der Waals surface area (Å²) in [4.78, 5) is 11.3. The summed E-state index contributed by atoms with van der Waals surface area (Å²) in [6, 6.07) is 0. The second kappa shape index (κ2) is 13.0. The number of carbonyl (C=O) groups excluding carboxylic acids is 1. The molecular weight excluding hydrogens is 284 g/mol. The van der Waals surface area contributed by atoms with Crippen molar-refractivity contribution in [3.8, 4) is 0 Å². The van der Waals surface area contributed by atoms with Crippen LogP contribution in [0.4, 0.5) is 0 Å². The molecule has 0 aliphatic heterocycles. The van der Waals surface area contributed by atoms with E-state index >= 15 is 0 Å². The minimum Gasteiger partial charge on any atom is -0.462 e. The van der Waals surface area contributed by atoms with E-state index in [0.717, 1.165) is 6.08 Å². The molecule has 0 fully saturated rings. The lowest BCUT2D eigenvalue weighted by Gasteiger charge is -2.32. The molecule has 0 heterocycles. The Kier molecular flexibility index (Phi) is 12.0. The third-order valence-corrected chi connectivity index (χ3v) is 2.62. The lowest BCUT2D eigenvalue weighted by atomic mass is 9.92. The van der Waals surface area contributed by atoms with E-state index in [2.05, 4.69) is 26.3 Å². The van der Waals surface area contributed by atoms with Gasteiger partial charge >= 0.3 is 5.97 Å². The molecule has 22 heavy (non-hydrogen) atoms. The van der Waals surface area contributed by atoms with Gasteiger partial charge in [0, 0.05) is 6.08 Å². The van der Waals surface area contributed by atoms with E-state index in [1.807, 2.05) is 0 Å². The minimum atomic E-state index is -0.617. The molecule has 0 N–H and O–H groups in total. The molecule has 0 unspecified atom stereocenters. The molecule has 124 valence electrons. The highest BCUT2D eigenvalue weighted by molar-refractivity contribution is 5.81. The Morgan fingerprint density at radius 1 is 0.773 bits per heavy atom. The molecule has 0 bridgehead atoms. The van der Waals surface area contributed by atoms with Crippen molar-refractivity contribution in [3.05, 3.63) is 50.6 Å². The molecule has 0 amide bonds. The number of hydrogen-bond acceptors (Lipinski definition) is 5. The van der Waals surface area contributed by atoms with E-state index in [1.54, 1.807) is 18.2 Å². The summed E-state index contributed by atoms with van der Waals surface area (Å²) in [5, 5.41) is 0. The van der Waals surface area contributed by atoms with Gasteiger partial charge in [-0.1, -0.05) is 24.8 Å². The van der Waals surface area contributed by atoms with Gasteiger partial charge < -0.3 is 18.9 Å². The summed E-state index contributed by atoms with van der Waals surface area (Å²) in [6.07, 6.45) is 6.06. The van der Waals surface area contributed by atoms with Crippen LogP contribution in [0.1, 0.15) is 0 Å². The Balaban J connectivity index is 4.84. The molecule has 0 radical (unpaired) electrons. The molecular formula is C17H26O5. The first kappa shape index (κ1) is 20.3. The second-order valence-electron chi connectivity index (χ2n) is 4.72. The van der Waals surface area contributed by atoms with Gasteiger partial charge in [0.2, 0.25) is 0 Å². The van der Waals surface area contributed by atoms with Crippen LogP contribution in [0.25, 0.3) is 0 Å². The molecule has 0 aliphatic rings. The molecule has 0 aliphatic carbocycles. The van der Waals surface area contributed by atoms with Gasteiger partial charge in [-0.15, -0.1) is 19.7 Å². The molecule has 5 nitrogen and oxygen atoms in total. The molecule has 0 aromatic rings. The molecule has 0 saturated heterocycles. The molecule has 0 spiro atoms. The number of rotatable bonds is 15. The summed E-state index contributed by atoms with van der Waals surface area (Å²) in [5.74, 6) is -0.500. The van der Waals surface area contributed by atoms with Gasteiger partial charge in [-0.25, -0.2) is 4.79 Å². The Morgan fingerprint density at radius 3 is 1.50 bits per heavy atom. The van der Waals surface area contributed by atoms with Crippen LogP contribution < -0.4 is 0 Å². The molecule has 5 heteroatoms. The van der Waals surface area contributed by atoms with Crippen LogP contribution >= 0.6 is 0 Å². The number of hydrogen-bond donors (Lipinski definition) is 0. The van der Waals surface area contributed by atoms with Crippen molar-refractivity contribution >= 4 is 5.97 Å². The van der Waals surface area contributed by atoms with Gasteiger partial charge in [-0.2, -0.15) is 0 Å². The largest absolute Gasteiger partial charge is 0.462 e. The minimum absolute atomic E-state index is 0.100. The van der Waals surface area contributed by atoms with Gasteiger partial charge in [-0.05, 0) is 0 Å². The predicted molar refractivity (Wildman–Crippen MR) is 86.6 cm³/mol.